The summed E-state index contributed by atoms with van der Waals surface area (Å²) in [5.41, 5.74) is 1.64. The number of carboxylic acid groups (broad SMARTS) is 1. The van der Waals surface area contributed by atoms with E-state index in [-0.39, 0.29) is 17.9 Å². The highest BCUT2D eigenvalue weighted by atomic mass is 16.6. The summed E-state index contributed by atoms with van der Waals surface area (Å²) in [7, 11) is 0. The lowest BCUT2D eigenvalue weighted by Gasteiger charge is -2.28. The highest BCUT2D eigenvalue weighted by molar-refractivity contribution is 5.89. The molecule has 2 aromatic carbocycles. The third-order valence-corrected chi connectivity index (χ3v) is 3.79. The molecular formula is C17H16N4O4. The van der Waals surface area contributed by atoms with Crippen molar-refractivity contribution in [1.29, 1.82) is 0 Å². The van der Waals surface area contributed by atoms with Crippen molar-refractivity contribution >= 4 is 17.5 Å². The Morgan fingerprint density at radius 3 is 2.64 bits per heavy atom. The molecule has 1 N–H and O–H groups in total. The van der Waals surface area contributed by atoms with Crippen molar-refractivity contribution in [2.75, 3.05) is 18.2 Å². The summed E-state index contributed by atoms with van der Waals surface area (Å²) in [6, 6.07) is 15.8. The van der Waals surface area contributed by atoms with Gasteiger partial charge in [0.1, 0.15) is 13.2 Å². The molecule has 8 nitrogen and oxygen atoms in total. The Labute approximate surface area is 143 Å². The molecule has 0 amide bonds. The van der Waals surface area contributed by atoms with E-state index < -0.39 is 10.9 Å². The topological polar surface area (TPSA) is 99.3 Å². The lowest BCUT2D eigenvalue weighted by molar-refractivity contribution is -0.354. The van der Waals surface area contributed by atoms with E-state index in [0.717, 1.165) is 5.56 Å². The predicted molar refractivity (Wildman–Crippen MR) is 92.0 cm³/mol. The smallest absolute Gasteiger partial charge is 0.378 e. The maximum atomic E-state index is 11.2. The van der Waals surface area contributed by atoms with Crippen LogP contribution < -0.4 is 5.01 Å². The largest absolute Gasteiger partial charge is 0.478 e. The molecule has 0 fully saturated rings. The molecule has 1 aliphatic rings. The maximum absolute atomic E-state index is 11.2. The molecule has 0 unspecified atom stereocenters. The number of anilines is 1. The van der Waals surface area contributed by atoms with E-state index in [0.29, 0.717) is 18.9 Å². The molecule has 0 saturated carbocycles. The minimum Gasteiger partial charge on any atom is -0.478 e. The number of amidine groups is 1. The minimum absolute atomic E-state index is 0.107. The van der Waals surface area contributed by atoms with Gasteiger partial charge in [-0.05, 0) is 28.7 Å². The second kappa shape index (κ2) is 7.10. The molecule has 1 heterocycles. The van der Waals surface area contributed by atoms with Gasteiger partial charge in [0.15, 0.2) is 0 Å². The molecule has 128 valence electrons. The number of nitrogens with zero attached hydrogens (tertiary/aromatic N) is 4. The van der Waals surface area contributed by atoms with Crippen LogP contribution in [0.4, 0.5) is 5.69 Å². The molecule has 0 aromatic heterocycles. The number of carbonyl (C=O) groups is 1. The summed E-state index contributed by atoms with van der Waals surface area (Å²) in [4.78, 5) is 23.7. The van der Waals surface area contributed by atoms with Crippen LogP contribution in [-0.2, 0) is 6.54 Å². The number of hydrogen-bond donors (Lipinski definition) is 1. The van der Waals surface area contributed by atoms with Crippen LogP contribution in [0.15, 0.2) is 59.7 Å². The van der Waals surface area contributed by atoms with Crippen molar-refractivity contribution < 1.29 is 14.8 Å². The standard InChI is InChI=1S/C17H16N4O4/c22-17(23)14-7-4-8-15(9-14)20-12-19(11-16(18-20)21(24)25)10-13-5-2-1-3-6-13/h1-9H,10-12H2,(H,22,23). The second-order valence-electron chi connectivity index (χ2n) is 5.64. The Kier molecular flexibility index (Phi) is 4.71. The van der Waals surface area contributed by atoms with Gasteiger partial charge in [-0.1, -0.05) is 36.4 Å². The SMILES string of the molecule is O=C(O)c1cccc(N2CN(Cc3ccccc3)CC([N+](=O)[O-])=N2)c1. The van der Waals surface area contributed by atoms with Crippen molar-refractivity contribution in [2.45, 2.75) is 6.54 Å². The molecule has 0 radical (unpaired) electrons. The van der Waals surface area contributed by atoms with Crippen LogP contribution in [-0.4, -0.2) is 39.9 Å². The Hall–Kier alpha value is -3.26. The molecule has 1 aliphatic heterocycles. The van der Waals surface area contributed by atoms with Gasteiger partial charge in [0.2, 0.25) is 0 Å². The third-order valence-electron chi connectivity index (χ3n) is 3.79. The van der Waals surface area contributed by atoms with E-state index in [1.807, 2.05) is 35.2 Å². The Morgan fingerprint density at radius 1 is 1.20 bits per heavy atom. The normalized spacial score (nSPS) is 14.9. The molecule has 0 spiro atoms. The third kappa shape index (κ3) is 3.99. The van der Waals surface area contributed by atoms with Gasteiger partial charge in [0, 0.05) is 6.54 Å². The lowest BCUT2D eigenvalue weighted by Crippen LogP contribution is -2.45. The van der Waals surface area contributed by atoms with Crippen LogP contribution in [0.5, 0.6) is 0 Å². The number of benzene rings is 2. The summed E-state index contributed by atoms with van der Waals surface area (Å²) < 4.78 is 0. The first kappa shape index (κ1) is 16.6. The molecule has 25 heavy (non-hydrogen) atoms. The van der Waals surface area contributed by atoms with Gasteiger partial charge < -0.3 is 15.2 Å². The Morgan fingerprint density at radius 2 is 1.96 bits per heavy atom. The number of aromatic carboxylic acids is 1. The molecule has 2 aromatic rings. The van der Waals surface area contributed by atoms with Gasteiger partial charge >= 0.3 is 11.8 Å². The first-order chi connectivity index (χ1) is 12.0. The van der Waals surface area contributed by atoms with Crippen LogP contribution in [0.3, 0.4) is 0 Å². The van der Waals surface area contributed by atoms with Crippen molar-refractivity contribution in [1.82, 2.24) is 4.90 Å². The van der Waals surface area contributed by atoms with Crippen molar-refractivity contribution in [3.63, 3.8) is 0 Å². The summed E-state index contributed by atoms with van der Waals surface area (Å²) in [6.07, 6.45) is 0. The quantitative estimate of drug-likeness (QED) is 0.677. The molecule has 0 bridgehead atoms. The molecular weight excluding hydrogens is 324 g/mol. The molecule has 3 rings (SSSR count). The molecule has 8 heteroatoms. The van der Waals surface area contributed by atoms with Crippen LogP contribution >= 0.6 is 0 Å². The van der Waals surface area contributed by atoms with E-state index in [9.17, 15) is 14.9 Å². The monoisotopic (exact) mass is 340 g/mol. The van der Waals surface area contributed by atoms with Gasteiger partial charge in [0.05, 0.1) is 16.4 Å². The van der Waals surface area contributed by atoms with Gasteiger partial charge in [-0.25, -0.2) is 4.79 Å². The summed E-state index contributed by atoms with van der Waals surface area (Å²) in [5, 5.41) is 25.9. The zero-order valence-electron chi connectivity index (χ0n) is 13.3. The lowest BCUT2D eigenvalue weighted by atomic mass is 10.2. The predicted octanol–water partition coefficient (Wildman–Crippen LogP) is 2.25. The number of hydrogen-bond acceptors (Lipinski definition) is 6. The summed E-state index contributed by atoms with van der Waals surface area (Å²) in [5.74, 6) is -1.23. The number of rotatable bonds is 4. The minimum atomic E-state index is -1.06. The molecule has 0 saturated heterocycles. The van der Waals surface area contributed by atoms with Crippen molar-refractivity contribution in [3.8, 4) is 0 Å². The highest BCUT2D eigenvalue weighted by Gasteiger charge is 2.29. The summed E-state index contributed by atoms with van der Waals surface area (Å²) in [6.45, 7) is 0.981. The number of carboxylic acids is 1. The van der Waals surface area contributed by atoms with Gasteiger partial charge in [-0.15, -0.1) is 0 Å². The Bertz CT molecular complexity index is 822. The van der Waals surface area contributed by atoms with Crippen LogP contribution in [0, 0.1) is 10.1 Å². The van der Waals surface area contributed by atoms with E-state index in [4.69, 9.17) is 5.11 Å². The highest BCUT2D eigenvalue weighted by Crippen LogP contribution is 2.21. The fraction of sp³-hybridized carbons (Fsp3) is 0.176. The number of hydrazone groups is 1. The zero-order valence-corrected chi connectivity index (χ0v) is 13.3. The second-order valence-corrected chi connectivity index (χ2v) is 5.64. The van der Waals surface area contributed by atoms with E-state index >= 15 is 0 Å². The van der Waals surface area contributed by atoms with E-state index in [1.165, 1.54) is 17.1 Å². The average Bonchev–Trinajstić information content (AvgIpc) is 2.62. The van der Waals surface area contributed by atoms with Gasteiger partial charge in [0.25, 0.3) is 0 Å². The number of nitro groups is 1. The molecule has 0 atom stereocenters. The first-order valence-corrected chi connectivity index (χ1v) is 7.62. The maximum Gasteiger partial charge on any atom is 0.378 e. The fourth-order valence-electron chi connectivity index (χ4n) is 2.62. The van der Waals surface area contributed by atoms with Crippen LogP contribution in [0.1, 0.15) is 15.9 Å². The average molecular weight is 340 g/mol. The van der Waals surface area contributed by atoms with Crippen LogP contribution in [0.2, 0.25) is 0 Å². The first-order valence-electron chi connectivity index (χ1n) is 7.62. The van der Waals surface area contributed by atoms with Gasteiger partial charge in [-0.2, -0.15) is 5.01 Å². The van der Waals surface area contributed by atoms with Crippen LogP contribution in [0.25, 0.3) is 0 Å². The van der Waals surface area contributed by atoms with E-state index in [1.54, 1.807) is 12.1 Å². The van der Waals surface area contributed by atoms with Crippen molar-refractivity contribution in [2.24, 2.45) is 5.10 Å². The van der Waals surface area contributed by atoms with Gasteiger partial charge in [-0.3, -0.25) is 4.90 Å². The Balaban J connectivity index is 1.87. The zero-order chi connectivity index (χ0) is 17.8. The van der Waals surface area contributed by atoms with Crippen molar-refractivity contribution in [3.05, 3.63) is 75.8 Å². The molecule has 0 aliphatic carbocycles. The summed E-state index contributed by atoms with van der Waals surface area (Å²) >= 11 is 0. The fourth-order valence-corrected chi connectivity index (χ4v) is 2.62. The van der Waals surface area contributed by atoms with E-state index in [2.05, 4.69) is 5.10 Å².